The summed E-state index contributed by atoms with van der Waals surface area (Å²) in [5.74, 6) is -0.917. The van der Waals surface area contributed by atoms with Crippen molar-refractivity contribution in [3.05, 3.63) is 28.4 Å². The molecule has 3 fully saturated rings. The number of carboxylic acid groups (broad SMARTS) is 1. The Kier molecular flexibility index (Phi) is 7.34. The Balaban J connectivity index is 0.000000858. The van der Waals surface area contributed by atoms with Crippen molar-refractivity contribution in [1.82, 2.24) is 25.1 Å². The van der Waals surface area contributed by atoms with Crippen LogP contribution in [-0.4, -0.2) is 94.0 Å². The Morgan fingerprint density at radius 2 is 2.03 bits per heavy atom. The van der Waals surface area contributed by atoms with Gasteiger partial charge in [0.25, 0.3) is 17.9 Å². The largest absolute Gasteiger partial charge is 0.483 e. The third kappa shape index (κ3) is 5.08. The quantitative estimate of drug-likeness (QED) is 0.470. The molecule has 31 heavy (non-hydrogen) atoms. The molecular formula is C19H25N5O7. The van der Waals surface area contributed by atoms with Gasteiger partial charge in [-0.1, -0.05) is 0 Å². The lowest BCUT2D eigenvalue weighted by molar-refractivity contribution is -0.146. The van der Waals surface area contributed by atoms with E-state index >= 15 is 0 Å². The number of nitrogens with zero attached hydrogens (tertiary/aromatic N) is 3. The number of fused-ring (bicyclic) bond motifs is 1. The number of carbonyl (C=O) groups excluding carboxylic acids is 3. The van der Waals surface area contributed by atoms with E-state index in [0.717, 1.165) is 0 Å². The fraction of sp³-hybridized carbons (Fsp3) is 0.579. The van der Waals surface area contributed by atoms with E-state index in [-0.39, 0.29) is 48.6 Å². The number of nitrogens with one attached hydrogen (secondary N) is 2. The van der Waals surface area contributed by atoms with Crippen molar-refractivity contribution in [2.24, 2.45) is 5.92 Å². The van der Waals surface area contributed by atoms with Crippen molar-refractivity contribution in [3.8, 4) is 0 Å². The summed E-state index contributed by atoms with van der Waals surface area (Å²) in [6.07, 6.45) is 4.37. The number of rotatable bonds is 2. The van der Waals surface area contributed by atoms with Gasteiger partial charge >= 0.3 is 0 Å². The first-order valence-electron chi connectivity index (χ1n) is 10.1. The number of amides is 3. The highest BCUT2D eigenvalue weighted by atomic mass is 16.5. The lowest BCUT2D eigenvalue weighted by atomic mass is 9.81. The van der Waals surface area contributed by atoms with Crippen LogP contribution in [0.4, 0.5) is 0 Å². The van der Waals surface area contributed by atoms with Crippen molar-refractivity contribution in [2.45, 2.75) is 31.4 Å². The maximum absolute atomic E-state index is 12.9. The summed E-state index contributed by atoms with van der Waals surface area (Å²) >= 11 is 0. The molecule has 1 aromatic heterocycles. The van der Waals surface area contributed by atoms with Crippen LogP contribution in [0.5, 0.6) is 0 Å². The Hall–Kier alpha value is -3.28. The summed E-state index contributed by atoms with van der Waals surface area (Å²) in [5, 5.41) is 9.60. The normalized spacial score (nSPS) is 25.4. The molecule has 0 bridgehead atoms. The zero-order chi connectivity index (χ0) is 22.4. The maximum atomic E-state index is 12.9. The predicted octanol–water partition coefficient (Wildman–Crippen LogP) is -1.56. The maximum Gasteiger partial charge on any atom is 0.290 e. The second-order valence-electron chi connectivity index (χ2n) is 7.47. The fourth-order valence-corrected chi connectivity index (χ4v) is 4.31. The number of aromatic nitrogens is 2. The first-order valence-corrected chi connectivity index (χ1v) is 10.1. The smallest absolute Gasteiger partial charge is 0.290 e. The number of morpholine rings is 1. The molecule has 4 rings (SSSR count). The number of hydrogen-bond donors (Lipinski definition) is 3. The molecule has 168 valence electrons. The first-order chi connectivity index (χ1) is 15.0. The van der Waals surface area contributed by atoms with Crippen LogP contribution in [0.15, 0.2) is 17.2 Å². The molecule has 3 amide bonds. The summed E-state index contributed by atoms with van der Waals surface area (Å²) in [6.45, 7) is 1.52. The molecule has 2 aliphatic heterocycles. The van der Waals surface area contributed by atoms with Gasteiger partial charge in [0.15, 0.2) is 5.69 Å². The molecule has 0 radical (unpaired) electrons. The number of carbonyl (C=O) groups is 4. The summed E-state index contributed by atoms with van der Waals surface area (Å²) in [7, 11) is 0. The van der Waals surface area contributed by atoms with Crippen LogP contribution in [0, 0.1) is 5.92 Å². The minimum absolute atomic E-state index is 0.0537. The zero-order valence-electron chi connectivity index (χ0n) is 16.9. The second kappa shape index (κ2) is 10.2. The van der Waals surface area contributed by atoms with Gasteiger partial charge in [-0.2, -0.15) is 0 Å². The topological polar surface area (TPSA) is 162 Å². The Morgan fingerprint density at radius 1 is 1.26 bits per heavy atom. The number of hydrogen-bond acceptors (Lipinski definition) is 7. The third-order valence-electron chi connectivity index (χ3n) is 5.69. The molecule has 0 aromatic carbocycles. The molecule has 3 N–H and O–H groups in total. The average molecular weight is 435 g/mol. The standard InChI is InChI=1S/C18H23N5O5.CH2O2/c24-14-10-22(6-5-19-14)17(26)11-1-2-13-12(9-11)23(7-8-28-13)18(27)15-16(25)21-4-3-20-15;2-1-3/h3-4,11-13H,1-2,5-10H2,(H,19,24)(H,21,25);1H,(H,2,3)/t11-,12+,13+;/m0./s1. The van der Waals surface area contributed by atoms with Gasteiger partial charge in [-0.05, 0) is 19.3 Å². The Bertz CT molecular complexity index is 888. The Morgan fingerprint density at radius 3 is 2.74 bits per heavy atom. The van der Waals surface area contributed by atoms with Gasteiger partial charge in [-0.3, -0.25) is 24.0 Å². The molecule has 2 saturated heterocycles. The molecule has 1 aromatic rings. The third-order valence-corrected chi connectivity index (χ3v) is 5.69. The first kappa shape index (κ1) is 22.4. The van der Waals surface area contributed by atoms with E-state index in [1.807, 2.05) is 0 Å². The highest BCUT2D eigenvalue weighted by Gasteiger charge is 2.43. The minimum atomic E-state index is -0.529. The van der Waals surface area contributed by atoms with Crippen LogP contribution in [0.2, 0.25) is 0 Å². The van der Waals surface area contributed by atoms with Gasteiger partial charge in [-0.25, -0.2) is 4.98 Å². The molecule has 1 aliphatic carbocycles. The molecule has 0 spiro atoms. The van der Waals surface area contributed by atoms with Crippen molar-refractivity contribution in [2.75, 3.05) is 32.8 Å². The molecule has 12 nitrogen and oxygen atoms in total. The van der Waals surface area contributed by atoms with Gasteiger partial charge in [0, 0.05) is 37.9 Å². The molecule has 3 heterocycles. The minimum Gasteiger partial charge on any atom is -0.483 e. The van der Waals surface area contributed by atoms with Gasteiger partial charge in [0.2, 0.25) is 11.8 Å². The van der Waals surface area contributed by atoms with Crippen LogP contribution < -0.4 is 10.9 Å². The number of piperazine rings is 1. The summed E-state index contributed by atoms with van der Waals surface area (Å²) in [5.41, 5.74) is -0.678. The molecule has 12 heteroatoms. The van der Waals surface area contributed by atoms with Crippen molar-refractivity contribution < 1.29 is 29.0 Å². The van der Waals surface area contributed by atoms with E-state index in [4.69, 9.17) is 14.6 Å². The lowest BCUT2D eigenvalue weighted by Crippen LogP contribution is -2.59. The van der Waals surface area contributed by atoms with Gasteiger partial charge < -0.3 is 29.9 Å². The second-order valence-corrected chi connectivity index (χ2v) is 7.47. The highest BCUT2D eigenvalue weighted by molar-refractivity contribution is 5.92. The van der Waals surface area contributed by atoms with Gasteiger partial charge in [0.05, 0.1) is 25.3 Å². The van der Waals surface area contributed by atoms with Crippen molar-refractivity contribution >= 4 is 24.2 Å². The van der Waals surface area contributed by atoms with E-state index < -0.39 is 11.5 Å². The summed E-state index contributed by atoms with van der Waals surface area (Å²) < 4.78 is 5.83. The number of ether oxygens (including phenoxy) is 1. The number of aromatic amines is 1. The van der Waals surface area contributed by atoms with Crippen LogP contribution in [0.25, 0.3) is 0 Å². The molecule has 3 atom stereocenters. The van der Waals surface area contributed by atoms with E-state index in [1.165, 1.54) is 12.4 Å². The fourth-order valence-electron chi connectivity index (χ4n) is 4.31. The van der Waals surface area contributed by atoms with Gasteiger partial charge in [-0.15, -0.1) is 0 Å². The van der Waals surface area contributed by atoms with Gasteiger partial charge in [0.1, 0.15) is 0 Å². The monoisotopic (exact) mass is 435 g/mol. The van der Waals surface area contributed by atoms with Crippen LogP contribution in [-0.2, 0) is 19.1 Å². The average Bonchev–Trinajstić information content (AvgIpc) is 2.78. The highest BCUT2D eigenvalue weighted by Crippen LogP contribution is 2.33. The predicted molar refractivity (Wildman–Crippen MR) is 105 cm³/mol. The molecule has 0 unspecified atom stereocenters. The molecule has 1 saturated carbocycles. The SMILES string of the molecule is O=C1CN(C(=O)[C@H]2CC[C@H]3OCCN(C(=O)c4ncc[nH]c4=O)[C@@H]3C2)CCN1.O=CO. The molecule has 3 aliphatic rings. The van der Waals surface area contributed by atoms with Crippen molar-refractivity contribution in [1.29, 1.82) is 0 Å². The van der Waals surface area contributed by atoms with Crippen LogP contribution >= 0.6 is 0 Å². The van der Waals surface area contributed by atoms with Crippen LogP contribution in [0.3, 0.4) is 0 Å². The van der Waals surface area contributed by atoms with Crippen LogP contribution in [0.1, 0.15) is 29.8 Å². The summed E-state index contributed by atoms with van der Waals surface area (Å²) in [4.78, 5) is 67.4. The van der Waals surface area contributed by atoms with E-state index in [1.54, 1.807) is 9.80 Å². The summed E-state index contributed by atoms with van der Waals surface area (Å²) in [6, 6.07) is -0.288. The number of H-pyrrole nitrogens is 1. The lowest BCUT2D eigenvalue weighted by Gasteiger charge is -2.46. The van der Waals surface area contributed by atoms with E-state index in [9.17, 15) is 19.2 Å². The Labute approximate surface area is 177 Å². The van der Waals surface area contributed by atoms with E-state index in [0.29, 0.717) is 45.5 Å². The van der Waals surface area contributed by atoms with E-state index in [2.05, 4.69) is 15.3 Å². The molecular weight excluding hydrogens is 410 g/mol. The van der Waals surface area contributed by atoms with Crippen molar-refractivity contribution in [3.63, 3.8) is 0 Å². The zero-order valence-corrected chi connectivity index (χ0v) is 16.9.